The largest absolute Gasteiger partial charge is 0.394 e. The summed E-state index contributed by atoms with van der Waals surface area (Å²) in [4.78, 5) is 185. The summed E-state index contributed by atoms with van der Waals surface area (Å²) in [7, 11) is 0. The first-order valence-corrected chi connectivity index (χ1v) is 33.7. The van der Waals surface area contributed by atoms with Crippen LogP contribution in [0.4, 0.5) is 0 Å². The number of nitrogens with one attached hydrogen (secondary N) is 9. The lowest BCUT2D eigenvalue weighted by Gasteiger charge is -2.32. The molecule has 0 aliphatic carbocycles. The highest BCUT2D eigenvalue weighted by molar-refractivity contribution is 7.98. The maximum Gasteiger partial charge on any atom is 0.245 e. The van der Waals surface area contributed by atoms with Crippen molar-refractivity contribution in [3.05, 3.63) is 71.8 Å². The van der Waals surface area contributed by atoms with Crippen LogP contribution in [0.1, 0.15) is 117 Å². The molecule has 2 aliphatic rings. The van der Waals surface area contributed by atoms with E-state index in [2.05, 4.69) is 52.8 Å². The highest BCUT2D eigenvalue weighted by Crippen LogP contribution is 2.23. The fourth-order valence-corrected chi connectivity index (χ4v) is 11.5. The summed E-state index contributed by atoms with van der Waals surface area (Å²) in [6.45, 7) is 9.26. The lowest BCUT2D eigenvalue weighted by Crippen LogP contribution is -2.61. The number of hydrogen-bond acceptors (Lipinski definition) is 17. The minimum Gasteiger partial charge on any atom is -0.394 e. The van der Waals surface area contributed by atoms with Crippen LogP contribution < -0.4 is 76.5 Å². The third-order valence-corrected chi connectivity index (χ3v) is 16.7. The molecule has 0 saturated carbocycles. The number of aliphatic hydroxyl groups excluding tert-OH is 1. The number of benzene rings is 2. The zero-order valence-electron chi connectivity index (χ0n) is 55.8. The molecule has 530 valence electrons. The molecular formula is C64H99N17O14S. The number of aliphatic imine (C=N–C) groups is 1. The Kier molecular flexibility index (Phi) is 33.0. The molecule has 0 unspecified atom stereocenters. The maximum atomic E-state index is 14.7. The number of carbonyl (C=O) groups excluding carboxylic acids is 13. The summed E-state index contributed by atoms with van der Waals surface area (Å²) in [6, 6.07) is 1.78. The summed E-state index contributed by atoms with van der Waals surface area (Å²) in [6.07, 6.45) is 3.08. The molecule has 4 rings (SSSR count). The maximum absolute atomic E-state index is 14.7. The molecule has 2 saturated heterocycles. The molecule has 32 heteroatoms. The Morgan fingerprint density at radius 1 is 0.521 bits per heavy atom. The Bertz CT molecular complexity index is 3030. The number of nitrogens with two attached hydrogens (primary N) is 5. The Morgan fingerprint density at radius 3 is 1.48 bits per heavy atom. The van der Waals surface area contributed by atoms with Gasteiger partial charge in [-0.15, -0.1) is 0 Å². The van der Waals surface area contributed by atoms with Crippen LogP contribution in [0.3, 0.4) is 0 Å². The van der Waals surface area contributed by atoms with Gasteiger partial charge in [-0.3, -0.25) is 67.3 Å². The number of aliphatic hydroxyl groups is 1. The first-order chi connectivity index (χ1) is 45.4. The molecule has 31 nitrogen and oxygen atoms in total. The Labute approximate surface area is 564 Å². The van der Waals surface area contributed by atoms with E-state index in [0.717, 1.165) is 0 Å². The number of primary amides is 2. The predicted molar refractivity (Wildman–Crippen MR) is 358 cm³/mol. The molecule has 0 bridgehead atoms. The van der Waals surface area contributed by atoms with Crippen molar-refractivity contribution >= 4 is 94.5 Å². The van der Waals surface area contributed by atoms with Crippen molar-refractivity contribution in [2.45, 2.75) is 191 Å². The molecule has 2 aromatic rings. The first kappa shape index (κ1) is 79.5. The SMILES string of the molecule is CSCC[C@H](N)C(=O)N1CCC[C@H]1C(=O)N[C@@H](C)C(=O)N[C@@H](CO)C(=O)N[C@@H](Cc1ccccc1)C(=O)N[C@@H](C)C(=O)N[C@@H](CC(N)=O)C(=O)N[C@@H](CC(C)C)C(=O)N1CCC[C@H]1C(=O)N[C@@H](CC(C)C)C(=O)N[C@@H](CCCN=C(N)N)C(=O)N[C@@H](Cc1ccccc1)C(N)=O. The summed E-state index contributed by atoms with van der Waals surface area (Å²) < 4.78 is 0. The van der Waals surface area contributed by atoms with Crippen LogP contribution in [0.25, 0.3) is 0 Å². The van der Waals surface area contributed by atoms with Gasteiger partial charge in [0.15, 0.2) is 5.96 Å². The monoisotopic (exact) mass is 1360 g/mol. The Morgan fingerprint density at radius 2 is 0.958 bits per heavy atom. The van der Waals surface area contributed by atoms with Gasteiger partial charge in [-0.2, -0.15) is 11.8 Å². The molecule has 2 fully saturated rings. The zero-order valence-corrected chi connectivity index (χ0v) is 56.6. The van der Waals surface area contributed by atoms with Gasteiger partial charge in [0.05, 0.1) is 19.1 Å². The molecular weight excluding hydrogens is 1260 g/mol. The summed E-state index contributed by atoms with van der Waals surface area (Å²) in [5.41, 5.74) is 29.7. The molecule has 20 N–H and O–H groups in total. The van der Waals surface area contributed by atoms with Gasteiger partial charge in [-0.25, -0.2) is 0 Å². The minimum absolute atomic E-state index is 0.00485. The number of likely N-dealkylation sites (tertiary alicyclic amines) is 2. The molecule has 0 spiro atoms. The van der Waals surface area contributed by atoms with E-state index in [9.17, 15) is 67.4 Å². The topological polar surface area (TPSA) is 499 Å². The third kappa shape index (κ3) is 26.0. The molecule has 2 heterocycles. The Balaban J connectivity index is 1.46. The van der Waals surface area contributed by atoms with Gasteiger partial charge in [0.25, 0.3) is 0 Å². The molecule has 13 amide bonds. The van der Waals surface area contributed by atoms with Crippen LogP contribution in [0.5, 0.6) is 0 Å². The number of nitrogens with zero attached hydrogens (tertiary/aromatic N) is 3. The van der Waals surface area contributed by atoms with Gasteiger partial charge in [-0.1, -0.05) is 88.4 Å². The second kappa shape index (κ2) is 39.8. The van der Waals surface area contributed by atoms with E-state index in [0.29, 0.717) is 49.1 Å². The van der Waals surface area contributed by atoms with Crippen LogP contribution in [0.2, 0.25) is 0 Å². The Hall–Kier alpha value is -8.91. The number of amides is 13. The van der Waals surface area contributed by atoms with Crippen molar-refractivity contribution in [1.29, 1.82) is 0 Å². The zero-order chi connectivity index (χ0) is 71.3. The summed E-state index contributed by atoms with van der Waals surface area (Å²) >= 11 is 1.53. The van der Waals surface area contributed by atoms with Gasteiger partial charge in [0, 0.05) is 32.5 Å². The molecule has 2 aliphatic heterocycles. The van der Waals surface area contributed by atoms with Crippen molar-refractivity contribution in [2.75, 3.05) is 38.2 Å². The lowest BCUT2D eigenvalue weighted by molar-refractivity contribution is -0.143. The molecule has 96 heavy (non-hydrogen) atoms. The molecule has 0 radical (unpaired) electrons. The fourth-order valence-electron chi connectivity index (χ4n) is 11.0. The van der Waals surface area contributed by atoms with Crippen molar-refractivity contribution < 1.29 is 67.4 Å². The van der Waals surface area contributed by atoms with E-state index >= 15 is 0 Å². The predicted octanol–water partition coefficient (Wildman–Crippen LogP) is -3.56. The van der Waals surface area contributed by atoms with E-state index in [-0.39, 0.29) is 81.7 Å². The van der Waals surface area contributed by atoms with Crippen LogP contribution in [-0.2, 0) is 75.2 Å². The van der Waals surface area contributed by atoms with Gasteiger partial charge in [0.2, 0.25) is 76.8 Å². The highest BCUT2D eigenvalue weighted by Gasteiger charge is 2.42. The molecule has 2 aromatic carbocycles. The first-order valence-electron chi connectivity index (χ1n) is 32.3. The quantitative estimate of drug-likeness (QED) is 0.0175. The highest BCUT2D eigenvalue weighted by atomic mass is 32.2. The standard InChI is InChI=1S/C64H99N17O14S/c1-35(2)29-44(57(89)73-42(21-14-25-70-64(68)69)55(87)74-43(52(67)84)31-39-17-10-8-11-18-39)77-61(93)50-23-16-27-81(50)63(95)47(30-36(3)4)78-58(90)46(33-51(66)83)75-53(85)37(5)71-56(88)45(32-40-19-12-9-13-20-40)76-59(91)48(34-82)79-54(86)38(6)72-60(92)49-22-15-26-80(49)62(94)41(65)24-28-96-7/h8-13,17-20,35-38,41-50,82H,14-16,21-34,65H2,1-7H3,(H2,66,83)(H2,67,84)(H,71,88)(H,72,92)(H,73,89)(H,74,87)(H,75,85)(H,76,91)(H,77,93)(H,78,90)(H,79,86)(H4,68,69,70)/t37-,38-,41-,42-,43-,44-,45-,46-,47-,48-,49-,50-/m0/s1. The van der Waals surface area contributed by atoms with E-state index in [1.807, 2.05) is 20.1 Å². The summed E-state index contributed by atoms with van der Waals surface area (Å²) in [5, 5.41) is 33.5. The third-order valence-electron chi connectivity index (χ3n) is 16.1. The van der Waals surface area contributed by atoms with E-state index in [1.165, 1.54) is 35.4 Å². The van der Waals surface area contributed by atoms with Crippen LogP contribution in [0, 0.1) is 11.8 Å². The van der Waals surface area contributed by atoms with Gasteiger partial charge < -0.3 is 91.4 Å². The number of thioether (sulfide) groups is 1. The van der Waals surface area contributed by atoms with Gasteiger partial charge in [-0.05, 0) is 107 Å². The number of hydrogen-bond donors (Lipinski definition) is 15. The fraction of sp³-hybridized carbons (Fsp3) is 0.594. The smallest absolute Gasteiger partial charge is 0.245 e. The number of carbonyl (C=O) groups is 13. The lowest BCUT2D eigenvalue weighted by atomic mass is 10.00. The van der Waals surface area contributed by atoms with E-state index in [4.69, 9.17) is 28.7 Å². The van der Waals surface area contributed by atoms with Gasteiger partial charge >= 0.3 is 0 Å². The van der Waals surface area contributed by atoms with Crippen molar-refractivity contribution in [3.8, 4) is 0 Å². The van der Waals surface area contributed by atoms with Crippen LogP contribution >= 0.6 is 11.8 Å². The normalized spacial score (nSPS) is 17.5. The minimum atomic E-state index is -1.72. The van der Waals surface area contributed by atoms with Crippen LogP contribution in [0.15, 0.2) is 65.7 Å². The average Bonchev–Trinajstić information content (AvgIpc) is 1.67. The average molecular weight is 1360 g/mol. The molecule has 12 atom stereocenters. The second-order valence-electron chi connectivity index (χ2n) is 25.0. The van der Waals surface area contributed by atoms with E-state index in [1.54, 1.807) is 74.5 Å². The molecule has 0 aromatic heterocycles. The second-order valence-corrected chi connectivity index (χ2v) is 26.0. The summed E-state index contributed by atoms with van der Waals surface area (Å²) in [5.74, 6) is -10.6. The van der Waals surface area contributed by atoms with Crippen molar-refractivity contribution in [1.82, 2.24) is 57.7 Å². The van der Waals surface area contributed by atoms with Crippen molar-refractivity contribution in [3.63, 3.8) is 0 Å². The van der Waals surface area contributed by atoms with Crippen molar-refractivity contribution in [2.24, 2.45) is 45.5 Å². The van der Waals surface area contributed by atoms with Crippen LogP contribution in [-0.4, -0.2) is 208 Å². The van der Waals surface area contributed by atoms with E-state index < -0.39 is 156 Å². The number of rotatable bonds is 39. The number of guanidine groups is 1. The van der Waals surface area contributed by atoms with Gasteiger partial charge in [0.1, 0.15) is 66.5 Å².